The highest BCUT2D eigenvalue weighted by atomic mass is 35.5. The van der Waals surface area contributed by atoms with Gasteiger partial charge in [0, 0.05) is 18.0 Å². The van der Waals surface area contributed by atoms with Crippen LogP contribution in [-0.2, 0) is 15.0 Å². The molecule has 4 rings (SSSR count). The third-order valence-corrected chi connectivity index (χ3v) is 4.84. The van der Waals surface area contributed by atoms with Crippen LogP contribution in [0.3, 0.4) is 0 Å². The molecule has 2 aliphatic rings. The van der Waals surface area contributed by atoms with Gasteiger partial charge in [-0.25, -0.2) is 4.68 Å². The Morgan fingerprint density at radius 2 is 2.04 bits per heavy atom. The van der Waals surface area contributed by atoms with Crippen LogP contribution in [0.25, 0.3) is 0 Å². The van der Waals surface area contributed by atoms with Gasteiger partial charge in [-0.2, -0.15) is 5.10 Å². The molecule has 2 amide bonds. The predicted molar refractivity (Wildman–Crippen MR) is 86.7 cm³/mol. The monoisotopic (exact) mass is 330 g/mol. The largest absolute Gasteiger partial charge is 0.323 e. The first-order valence-electron chi connectivity index (χ1n) is 7.43. The minimum absolute atomic E-state index is 0.0446. The molecule has 3 heterocycles. The van der Waals surface area contributed by atoms with Crippen molar-refractivity contribution >= 4 is 34.9 Å². The number of para-hydroxylation sites is 1. The van der Waals surface area contributed by atoms with Crippen molar-refractivity contribution in [3.63, 3.8) is 0 Å². The Morgan fingerprint density at radius 3 is 2.78 bits per heavy atom. The third kappa shape index (κ3) is 1.72. The maximum atomic E-state index is 12.9. The fourth-order valence-electron chi connectivity index (χ4n) is 3.50. The van der Waals surface area contributed by atoms with E-state index >= 15 is 0 Å². The minimum atomic E-state index is -1.06. The molecule has 0 fully saturated rings. The zero-order valence-electron chi connectivity index (χ0n) is 12.7. The van der Waals surface area contributed by atoms with Crippen LogP contribution in [0.4, 0.5) is 11.5 Å². The second-order valence-corrected chi connectivity index (χ2v) is 6.60. The van der Waals surface area contributed by atoms with Crippen molar-refractivity contribution in [2.45, 2.75) is 31.7 Å². The number of hydrogen-bond donors (Lipinski definition) is 2. The van der Waals surface area contributed by atoms with Gasteiger partial charge >= 0.3 is 0 Å². The van der Waals surface area contributed by atoms with Crippen LogP contribution in [0.15, 0.2) is 24.4 Å². The Labute approximate surface area is 137 Å². The molecule has 1 spiro atoms. The van der Waals surface area contributed by atoms with E-state index in [1.54, 1.807) is 23.0 Å². The molecule has 0 aliphatic carbocycles. The number of nitrogens with one attached hydrogen (secondary N) is 2. The number of nitrogens with zero attached hydrogens (tertiary/aromatic N) is 2. The van der Waals surface area contributed by atoms with Crippen LogP contribution in [-0.4, -0.2) is 21.6 Å². The zero-order chi connectivity index (χ0) is 16.4. The van der Waals surface area contributed by atoms with Crippen molar-refractivity contribution < 1.29 is 9.59 Å². The van der Waals surface area contributed by atoms with Crippen molar-refractivity contribution in [2.75, 3.05) is 10.6 Å². The first-order chi connectivity index (χ1) is 10.9. The van der Waals surface area contributed by atoms with Gasteiger partial charge in [-0.05, 0) is 25.5 Å². The fraction of sp³-hybridized carbons (Fsp3) is 0.312. The Bertz CT molecular complexity index is 858. The van der Waals surface area contributed by atoms with E-state index in [9.17, 15) is 9.59 Å². The van der Waals surface area contributed by atoms with Gasteiger partial charge in [0.15, 0.2) is 0 Å². The smallest absolute Gasteiger partial charge is 0.240 e. The van der Waals surface area contributed by atoms with Crippen LogP contribution in [0.5, 0.6) is 0 Å². The average molecular weight is 331 g/mol. The Balaban J connectivity index is 2.03. The Morgan fingerprint density at radius 1 is 1.26 bits per heavy atom. The molecule has 0 unspecified atom stereocenters. The molecule has 118 valence electrons. The predicted octanol–water partition coefficient (Wildman–Crippen LogP) is 2.70. The van der Waals surface area contributed by atoms with Crippen LogP contribution in [0, 0.1) is 0 Å². The van der Waals surface area contributed by atoms with Gasteiger partial charge in [-0.15, -0.1) is 0 Å². The van der Waals surface area contributed by atoms with E-state index in [4.69, 9.17) is 11.6 Å². The van der Waals surface area contributed by atoms with E-state index in [1.165, 1.54) is 0 Å². The molecule has 2 aromatic rings. The van der Waals surface area contributed by atoms with Crippen molar-refractivity contribution in [3.05, 3.63) is 40.5 Å². The summed E-state index contributed by atoms with van der Waals surface area (Å²) in [6.45, 7) is 3.94. The highest BCUT2D eigenvalue weighted by Gasteiger charge is 2.54. The van der Waals surface area contributed by atoms with Crippen LogP contribution < -0.4 is 10.6 Å². The van der Waals surface area contributed by atoms with Gasteiger partial charge < -0.3 is 10.6 Å². The summed E-state index contributed by atoms with van der Waals surface area (Å²) < 4.78 is 1.73. The lowest BCUT2D eigenvalue weighted by Crippen LogP contribution is -2.43. The molecule has 2 aliphatic heterocycles. The lowest BCUT2D eigenvalue weighted by Gasteiger charge is -2.32. The molecule has 1 aromatic heterocycles. The van der Waals surface area contributed by atoms with Gasteiger partial charge in [0.05, 0.1) is 16.9 Å². The van der Waals surface area contributed by atoms with E-state index in [2.05, 4.69) is 15.7 Å². The molecule has 0 radical (unpaired) electrons. The number of hydrogen-bond acceptors (Lipinski definition) is 3. The van der Waals surface area contributed by atoms with Gasteiger partial charge in [-0.3, -0.25) is 9.59 Å². The molecule has 1 aromatic carbocycles. The van der Waals surface area contributed by atoms with Crippen molar-refractivity contribution in [1.82, 2.24) is 9.78 Å². The topological polar surface area (TPSA) is 76.0 Å². The normalized spacial score (nSPS) is 22.1. The number of carbonyl (C=O) groups excluding carboxylic acids is 2. The summed E-state index contributed by atoms with van der Waals surface area (Å²) in [4.78, 5) is 25.2. The van der Waals surface area contributed by atoms with Gasteiger partial charge in [-0.1, -0.05) is 23.7 Å². The van der Waals surface area contributed by atoms with Crippen molar-refractivity contribution in [3.8, 4) is 0 Å². The first-order valence-corrected chi connectivity index (χ1v) is 7.81. The molecule has 6 nitrogen and oxygen atoms in total. The van der Waals surface area contributed by atoms with Crippen LogP contribution in [0.2, 0.25) is 5.02 Å². The highest BCUT2D eigenvalue weighted by Crippen LogP contribution is 2.51. The quantitative estimate of drug-likeness (QED) is 0.844. The van der Waals surface area contributed by atoms with Gasteiger partial charge in [0.1, 0.15) is 11.2 Å². The summed E-state index contributed by atoms with van der Waals surface area (Å²) in [7, 11) is 0. The number of halogens is 1. The molecule has 2 N–H and O–H groups in total. The lowest BCUT2D eigenvalue weighted by molar-refractivity contribution is -0.125. The fourth-order valence-corrected chi connectivity index (χ4v) is 3.72. The molecule has 1 atom stereocenters. The summed E-state index contributed by atoms with van der Waals surface area (Å²) in [5, 5.41) is 10.5. The second kappa shape index (κ2) is 4.58. The van der Waals surface area contributed by atoms with Gasteiger partial charge in [0.25, 0.3) is 0 Å². The van der Waals surface area contributed by atoms with E-state index < -0.39 is 5.41 Å². The van der Waals surface area contributed by atoms with Crippen LogP contribution >= 0.6 is 11.6 Å². The maximum Gasteiger partial charge on any atom is 0.240 e. The molecule has 0 bridgehead atoms. The number of amides is 2. The highest BCUT2D eigenvalue weighted by molar-refractivity contribution is 6.35. The summed E-state index contributed by atoms with van der Waals surface area (Å²) in [6, 6.07) is 5.43. The maximum absolute atomic E-state index is 12.9. The number of anilines is 2. The molecular weight excluding hydrogens is 316 g/mol. The number of aromatic nitrogens is 2. The lowest BCUT2D eigenvalue weighted by atomic mass is 9.72. The Hall–Kier alpha value is -2.34. The van der Waals surface area contributed by atoms with Crippen molar-refractivity contribution in [2.24, 2.45) is 0 Å². The van der Waals surface area contributed by atoms with E-state index in [0.29, 0.717) is 22.1 Å². The third-order valence-electron chi connectivity index (χ3n) is 4.53. The SMILES string of the molecule is CC(C)n1ncc2c1NC(=O)C[C@]21C(=O)Nc2c(Cl)cccc21. The molecule has 0 saturated heterocycles. The number of carbonyl (C=O) groups is 2. The van der Waals surface area contributed by atoms with Crippen molar-refractivity contribution in [1.29, 1.82) is 0 Å². The number of fused-ring (bicyclic) bond motifs is 4. The molecular formula is C16H15ClN4O2. The van der Waals surface area contributed by atoms with Gasteiger partial charge in [0.2, 0.25) is 11.8 Å². The summed E-state index contributed by atoms with van der Waals surface area (Å²) >= 11 is 6.22. The standard InChI is InChI=1S/C16H15ClN4O2/c1-8(2)21-14-10(7-18-21)16(6-12(22)19-14)9-4-3-5-11(17)13(9)20-15(16)23/h3-5,7-8H,6H2,1-2H3,(H,19,22)(H,20,23)/t16-/m1/s1. The summed E-state index contributed by atoms with van der Waals surface area (Å²) in [5.41, 5.74) is 0.959. The number of rotatable bonds is 1. The zero-order valence-corrected chi connectivity index (χ0v) is 13.4. The summed E-state index contributed by atoms with van der Waals surface area (Å²) in [5.74, 6) is 0.141. The first kappa shape index (κ1) is 14.3. The van der Waals surface area contributed by atoms with E-state index in [0.717, 1.165) is 5.56 Å². The molecule has 23 heavy (non-hydrogen) atoms. The van der Waals surface area contributed by atoms with E-state index in [-0.39, 0.29) is 24.3 Å². The molecule has 7 heteroatoms. The second-order valence-electron chi connectivity index (χ2n) is 6.19. The van der Waals surface area contributed by atoms with E-state index in [1.807, 2.05) is 19.9 Å². The Kier molecular flexibility index (Phi) is 2.84. The van der Waals surface area contributed by atoms with Crippen LogP contribution in [0.1, 0.15) is 37.4 Å². The summed E-state index contributed by atoms with van der Waals surface area (Å²) in [6.07, 6.45) is 1.72. The number of benzene rings is 1. The average Bonchev–Trinajstić information content (AvgIpc) is 3.02. The minimum Gasteiger partial charge on any atom is -0.323 e. The molecule has 0 saturated carbocycles.